The van der Waals surface area contributed by atoms with Gasteiger partial charge in [-0.1, -0.05) is 5.16 Å². The Kier molecular flexibility index (Phi) is 3.73. The Morgan fingerprint density at radius 1 is 1.67 bits per heavy atom. The number of oxime groups is 1. The fourth-order valence-corrected chi connectivity index (χ4v) is 0.998. The molecule has 0 spiro atoms. The molecule has 0 radical (unpaired) electrons. The zero-order valence-corrected chi connectivity index (χ0v) is 8.20. The summed E-state index contributed by atoms with van der Waals surface area (Å²) in [7, 11) is 1.38. The summed E-state index contributed by atoms with van der Waals surface area (Å²) in [6.07, 6.45) is 0. The lowest BCUT2D eigenvalue weighted by atomic mass is 10.3. The lowest BCUT2D eigenvalue weighted by Gasteiger charge is -2.07. The van der Waals surface area contributed by atoms with Crippen molar-refractivity contribution in [2.24, 2.45) is 10.9 Å². The predicted octanol–water partition coefficient (Wildman–Crippen LogP) is 0.993. The summed E-state index contributed by atoms with van der Waals surface area (Å²) in [5.74, 6) is -0.260. The smallest absolute Gasteiger partial charge is 0.165 e. The topological polar surface area (TPSA) is 79.9 Å². The van der Waals surface area contributed by atoms with Crippen LogP contribution in [0.15, 0.2) is 23.4 Å². The molecule has 1 rings (SSSR count). The maximum Gasteiger partial charge on any atom is 0.165 e. The van der Waals surface area contributed by atoms with Crippen LogP contribution in [0.1, 0.15) is 0 Å². The molecule has 0 saturated heterocycles. The molecule has 82 valence electrons. The van der Waals surface area contributed by atoms with Crippen molar-refractivity contribution in [3.8, 4) is 5.75 Å². The minimum absolute atomic E-state index is 0.0401. The van der Waals surface area contributed by atoms with Gasteiger partial charge in [0.25, 0.3) is 0 Å². The van der Waals surface area contributed by atoms with Crippen molar-refractivity contribution in [3.05, 3.63) is 24.0 Å². The van der Waals surface area contributed by atoms with Crippen LogP contribution in [-0.2, 0) is 0 Å². The van der Waals surface area contributed by atoms with Crippen LogP contribution in [0.3, 0.4) is 0 Å². The predicted molar refractivity (Wildman–Crippen MR) is 54.9 cm³/mol. The number of rotatable bonds is 4. The molecule has 5 nitrogen and oxygen atoms in total. The Balaban J connectivity index is 2.70. The zero-order valence-electron chi connectivity index (χ0n) is 8.20. The van der Waals surface area contributed by atoms with Gasteiger partial charge in [0.2, 0.25) is 0 Å². The highest BCUT2D eigenvalue weighted by molar-refractivity contribution is 5.84. The fraction of sp³-hybridized carbons (Fsp3) is 0.222. The Labute approximate surface area is 86.3 Å². The third kappa shape index (κ3) is 3.01. The van der Waals surface area contributed by atoms with E-state index in [4.69, 9.17) is 15.7 Å². The van der Waals surface area contributed by atoms with E-state index in [-0.39, 0.29) is 18.1 Å². The van der Waals surface area contributed by atoms with Crippen LogP contribution in [0.5, 0.6) is 5.75 Å². The van der Waals surface area contributed by atoms with Gasteiger partial charge in [0.15, 0.2) is 17.4 Å². The van der Waals surface area contributed by atoms with Crippen LogP contribution >= 0.6 is 0 Å². The Morgan fingerprint density at radius 3 is 3.00 bits per heavy atom. The average Bonchev–Trinajstić information content (AvgIpc) is 2.27. The maximum atomic E-state index is 13.0. The monoisotopic (exact) mass is 213 g/mol. The molecule has 0 bridgehead atoms. The van der Waals surface area contributed by atoms with Crippen molar-refractivity contribution < 1.29 is 14.3 Å². The van der Waals surface area contributed by atoms with E-state index in [2.05, 4.69) is 10.5 Å². The van der Waals surface area contributed by atoms with Gasteiger partial charge in [-0.05, 0) is 12.1 Å². The van der Waals surface area contributed by atoms with Gasteiger partial charge in [0.1, 0.15) is 0 Å². The van der Waals surface area contributed by atoms with Gasteiger partial charge in [-0.3, -0.25) is 0 Å². The molecule has 0 atom stereocenters. The van der Waals surface area contributed by atoms with Crippen molar-refractivity contribution in [2.45, 2.75) is 0 Å². The average molecular weight is 213 g/mol. The van der Waals surface area contributed by atoms with Crippen LogP contribution in [0.25, 0.3) is 0 Å². The normalized spacial score (nSPS) is 11.2. The first-order chi connectivity index (χ1) is 7.17. The number of anilines is 1. The number of hydrogen-bond acceptors (Lipinski definition) is 4. The van der Waals surface area contributed by atoms with Crippen molar-refractivity contribution in [2.75, 3.05) is 19.0 Å². The minimum Gasteiger partial charge on any atom is -0.494 e. The summed E-state index contributed by atoms with van der Waals surface area (Å²) < 4.78 is 17.8. The molecule has 0 saturated carbocycles. The molecule has 0 aromatic heterocycles. The molecule has 0 aliphatic carbocycles. The Bertz CT molecular complexity index is 368. The quantitative estimate of drug-likeness (QED) is 0.301. The highest BCUT2D eigenvalue weighted by Gasteiger charge is 2.03. The number of amidine groups is 1. The third-order valence-corrected chi connectivity index (χ3v) is 1.75. The third-order valence-electron chi connectivity index (χ3n) is 1.75. The van der Waals surface area contributed by atoms with E-state index in [1.54, 1.807) is 0 Å². The largest absolute Gasteiger partial charge is 0.494 e. The summed E-state index contributed by atoms with van der Waals surface area (Å²) in [5, 5.41) is 13.9. The maximum absolute atomic E-state index is 13.0. The van der Waals surface area contributed by atoms with Crippen molar-refractivity contribution in [1.82, 2.24) is 0 Å². The van der Waals surface area contributed by atoms with Gasteiger partial charge in [-0.2, -0.15) is 0 Å². The first-order valence-electron chi connectivity index (χ1n) is 4.21. The van der Waals surface area contributed by atoms with Crippen LogP contribution in [0, 0.1) is 5.82 Å². The number of methoxy groups -OCH3 is 1. The molecule has 1 aromatic carbocycles. The zero-order chi connectivity index (χ0) is 11.3. The number of nitrogens with one attached hydrogen (secondary N) is 1. The van der Waals surface area contributed by atoms with Crippen LogP contribution in [-0.4, -0.2) is 24.7 Å². The van der Waals surface area contributed by atoms with E-state index in [9.17, 15) is 4.39 Å². The molecule has 4 N–H and O–H groups in total. The van der Waals surface area contributed by atoms with Gasteiger partial charge in [0, 0.05) is 11.8 Å². The Morgan fingerprint density at radius 2 is 2.40 bits per heavy atom. The lowest BCUT2D eigenvalue weighted by Crippen LogP contribution is -2.22. The number of hydrogen-bond donors (Lipinski definition) is 3. The fourth-order valence-electron chi connectivity index (χ4n) is 0.998. The summed E-state index contributed by atoms with van der Waals surface area (Å²) in [6.45, 7) is 0.172. The molecule has 0 amide bonds. The van der Waals surface area contributed by atoms with Crippen LogP contribution in [0.4, 0.5) is 10.1 Å². The highest BCUT2D eigenvalue weighted by atomic mass is 19.1. The Hall–Kier alpha value is -1.98. The van der Waals surface area contributed by atoms with Gasteiger partial charge >= 0.3 is 0 Å². The molecule has 0 fully saturated rings. The summed E-state index contributed by atoms with van der Waals surface area (Å²) in [6, 6.07) is 4.29. The second-order valence-electron chi connectivity index (χ2n) is 2.79. The van der Waals surface area contributed by atoms with Gasteiger partial charge < -0.3 is 21.0 Å². The number of ether oxygens (including phenoxy) is 1. The molecular weight excluding hydrogens is 201 g/mol. The van der Waals surface area contributed by atoms with Crippen LogP contribution in [0.2, 0.25) is 0 Å². The van der Waals surface area contributed by atoms with E-state index in [1.165, 1.54) is 25.3 Å². The SMILES string of the molecule is COc1cc(NC/C(N)=N/O)ccc1F. The molecule has 15 heavy (non-hydrogen) atoms. The van der Waals surface area contributed by atoms with Gasteiger partial charge in [-0.15, -0.1) is 0 Å². The van der Waals surface area contributed by atoms with Gasteiger partial charge in [0.05, 0.1) is 13.7 Å². The molecule has 0 unspecified atom stereocenters. The van der Waals surface area contributed by atoms with Crippen LogP contribution < -0.4 is 15.8 Å². The number of nitrogens with zero attached hydrogens (tertiary/aromatic N) is 1. The molecule has 6 heteroatoms. The molecule has 1 aromatic rings. The van der Waals surface area contributed by atoms with E-state index in [0.29, 0.717) is 5.69 Å². The number of halogens is 1. The number of benzene rings is 1. The van der Waals surface area contributed by atoms with Crippen molar-refractivity contribution in [1.29, 1.82) is 0 Å². The second kappa shape index (κ2) is 5.04. The minimum atomic E-state index is -0.438. The molecular formula is C9H12FN3O2. The van der Waals surface area contributed by atoms with Crippen molar-refractivity contribution >= 4 is 11.5 Å². The second-order valence-corrected chi connectivity index (χ2v) is 2.79. The summed E-state index contributed by atoms with van der Waals surface area (Å²) in [5.41, 5.74) is 5.88. The van der Waals surface area contributed by atoms with E-state index < -0.39 is 5.82 Å². The first kappa shape index (κ1) is 11.1. The van der Waals surface area contributed by atoms with Gasteiger partial charge in [-0.25, -0.2) is 4.39 Å². The molecule has 0 heterocycles. The highest BCUT2D eigenvalue weighted by Crippen LogP contribution is 2.20. The van der Waals surface area contributed by atoms with E-state index >= 15 is 0 Å². The van der Waals surface area contributed by atoms with Crippen molar-refractivity contribution in [3.63, 3.8) is 0 Å². The standard InChI is InChI=1S/C9H12FN3O2/c1-15-8-4-6(2-3-7(8)10)12-5-9(11)13-14/h2-4,12,14H,5H2,1H3,(H2,11,13). The summed E-state index contributed by atoms with van der Waals surface area (Å²) in [4.78, 5) is 0. The lowest BCUT2D eigenvalue weighted by molar-refractivity contribution is 0.317. The number of nitrogens with two attached hydrogens (primary N) is 1. The van der Waals surface area contributed by atoms with E-state index in [0.717, 1.165) is 0 Å². The van der Waals surface area contributed by atoms with E-state index in [1.807, 2.05) is 0 Å². The summed E-state index contributed by atoms with van der Waals surface area (Å²) >= 11 is 0. The first-order valence-corrected chi connectivity index (χ1v) is 4.21. The molecule has 0 aliphatic heterocycles. The molecule has 0 aliphatic rings.